The molecule has 112 valence electrons. The molecule has 1 unspecified atom stereocenters. The van der Waals surface area contributed by atoms with Crippen molar-refractivity contribution in [3.8, 4) is 0 Å². The highest BCUT2D eigenvalue weighted by Crippen LogP contribution is 2.33. The Labute approximate surface area is 141 Å². The fourth-order valence-electron chi connectivity index (χ4n) is 2.32. The van der Waals surface area contributed by atoms with Crippen molar-refractivity contribution in [3.05, 3.63) is 63.1 Å². The molecule has 0 bridgehead atoms. The molecule has 0 fully saturated rings. The topological polar surface area (TPSA) is 12.0 Å². The van der Waals surface area contributed by atoms with Gasteiger partial charge in [-0.3, -0.25) is 0 Å². The van der Waals surface area contributed by atoms with Crippen LogP contribution in [0.15, 0.2) is 42.5 Å². The number of benzene rings is 2. The zero-order chi connectivity index (χ0) is 15.4. The van der Waals surface area contributed by atoms with E-state index in [0.29, 0.717) is 26.9 Å². The maximum absolute atomic E-state index is 6.20. The molecule has 0 heterocycles. The molecule has 0 amide bonds. The Bertz CT molecular complexity index is 596. The van der Waals surface area contributed by atoms with E-state index in [0.717, 1.165) is 12.2 Å². The van der Waals surface area contributed by atoms with Gasteiger partial charge in [-0.25, -0.2) is 0 Å². The van der Waals surface area contributed by atoms with E-state index in [2.05, 4.69) is 43.4 Å². The quantitative estimate of drug-likeness (QED) is 0.612. The van der Waals surface area contributed by atoms with E-state index in [1.165, 1.54) is 5.56 Å². The first kappa shape index (κ1) is 16.5. The normalized spacial score (nSPS) is 12.5. The van der Waals surface area contributed by atoms with Gasteiger partial charge >= 0.3 is 0 Å². The molecular formula is C17H18Cl3N. The van der Waals surface area contributed by atoms with Gasteiger partial charge in [0.2, 0.25) is 0 Å². The van der Waals surface area contributed by atoms with E-state index in [9.17, 15) is 0 Å². The number of nitrogens with one attached hydrogen (secondary N) is 1. The van der Waals surface area contributed by atoms with E-state index < -0.39 is 0 Å². The molecule has 0 aliphatic rings. The Morgan fingerprint density at radius 2 is 1.52 bits per heavy atom. The molecule has 2 aromatic rings. The number of hydrogen-bond donors (Lipinski definition) is 1. The summed E-state index contributed by atoms with van der Waals surface area (Å²) in [5.41, 5.74) is 2.13. The second kappa shape index (κ2) is 7.40. The summed E-state index contributed by atoms with van der Waals surface area (Å²) < 4.78 is 0. The smallest absolute Gasteiger partial charge is 0.0653 e. The molecular weight excluding hydrogens is 325 g/mol. The third-order valence-electron chi connectivity index (χ3n) is 3.55. The summed E-state index contributed by atoms with van der Waals surface area (Å²) in [5.74, 6) is 0.915. The molecule has 0 aliphatic carbocycles. The van der Waals surface area contributed by atoms with Gasteiger partial charge in [0.1, 0.15) is 0 Å². The molecule has 0 radical (unpaired) electrons. The second-order valence-corrected chi connectivity index (χ2v) is 6.61. The van der Waals surface area contributed by atoms with Gasteiger partial charge in [0.25, 0.3) is 0 Å². The summed E-state index contributed by atoms with van der Waals surface area (Å²) >= 11 is 18.2. The average molecular weight is 343 g/mol. The van der Waals surface area contributed by atoms with Crippen LogP contribution in [0.3, 0.4) is 0 Å². The molecule has 1 nitrogen and oxygen atoms in total. The van der Waals surface area contributed by atoms with Crippen LogP contribution in [0.2, 0.25) is 15.1 Å². The van der Waals surface area contributed by atoms with Crippen LogP contribution in [0.4, 0.5) is 5.69 Å². The summed E-state index contributed by atoms with van der Waals surface area (Å²) in [5, 5.41) is 4.94. The molecule has 0 spiro atoms. The standard InChI is InChI=1S/C17H18Cl3N/c1-11(2)13(12-6-4-3-5-7-12)10-21-17-9-15(19)14(18)8-16(17)20/h3-9,11,13,21H,10H2,1-2H3. The zero-order valence-electron chi connectivity index (χ0n) is 12.0. The van der Waals surface area contributed by atoms with Gasteiger partial charge in [-0.15, -0.1) is 0 Å². The third kappa shape index (κ3) is 4.29. The van der Waals surface area contributed by atoms with Crippen molar-refractivity contribution < 1.29 is 0 Å². The average Bonchev–Trinajstić information content (AvgIpc) is 2.45. The minimum absolute atomic E-state index is 0.400. The first-order valence-corrected chi connectivity index (χ1v) is 8.05. The predicted molar refractivity (Wildman–Crippen MR) is 94.0 cm³/mol. The molecule has 4 heteroatoms. The Morgan fingerprint density at radius 1 is 0.905 bits per heavy atom. The van der Waals surface area contributed by atoms with E-state index in [1.54, 1.807) is 12.1 Å². The van der Waals surface area contributed by atoms with Crippen molar-refractivity contribution in [2.45, 2.75) is 19.8 Å². The Kier molecular flexibility index (Phi) is 5.80. The molecule has 0 saturated carbocycles. The fraction of sp³-hybridized carbons (Fsp3) is 0.294. The van der Waals surface area contributed by atoms with Gasteiger partial charge < -0.3 is 5.32 Å². The van der Waals surface area contributed by atoms with Gasteiger partial charge in [0.05, 0.1) is 20.8 Å². The van der Waals surface area contributed by atoms with Crippen LogP contribution in [0, 0.1) is 5.92 Å². The van der Waals surface area contributed by atoms with E-state index >= 15 is 0 Å². The van der Waals surface area contributed by atoms with Crippen molar-refractivity contribution in [2.24, 2.45) is 5.92 Å². The monoisotopic (exact) mass is 341 g/mol. The molecule has 2 rings (SSSR count). The van der Waals surface area contributed by atoms with Gasteiger partial charge in [0, 0.05) is 12.5 Å². The summed E-state index contributed by atoms with van der Waals surface area (Å²) in [4.78, 5) is 0. The van der Waals surface area contributed by atoms with Crippen LogP contribution in [-0.4, -0.2) is 6.54 Å². The van der Waals surface area contributed by atoms with Crippen LogP contribution < -0.4 is 5.32 Å². The minimum atomic E-state index is 0.400. The van der Waals surface area contributed by atoms with Crippen LogP contribution in [0.5, 0.6) is 0 Å². The summed E-state index contributed by atoms with van der Waals surface area (Å²) in [6.45, 7) is 5.23. The molecule has 21 heavy (non-hydrogen) atoms. The first-order valence-electron chi connectivity index (χ1n) is 6.92. The highest BCUT2D eigenvalue weighted by Gasteiger charge is 2.16. The first-order chi connectivity index (χ1) is 9.99. The highest BCUT2D eigenvalue weighted by molar-refractivity contribution is 6.44. The van der Waals surface area contributed by atoms with Gasteiger partial charge in [0.15, 0.2) is 0 Å². The number of hydrogen-bond acceptors (Lipinski definition) is 1. The van der Waals surface area contributed by atoms with Crippen molar-refractivity contribution in [1.82, 2.24) is 0 Å². The Hall–Kier alpha value is -0.890. The molecule has 1 atom stereocenters. The van der Waals surface area contributed by atoms with E-state index in [1.807, 2.05) is 6.07 Å². The SMILES string of the molecule is CC(C)C(CNc1cc(Cl)c(Cl)cc1Cl)c1ccccc1. The lowest BCUT2D eigenvalue weighted by molar-refractivity contribution is 0.517. The maximum Gasteiger partial charge on any atom is 0.0653 e. The third-order valence-corrected chi connectivity index (χ3v) is 4.59. The van der Waals surface area contributed by atoms with Crippen LogP contribution in [0.1, 0.15) is 25.3 Å². The minimum Gasteiger partial charge on any atom is -0.383 e. The largest absolute Gasteiger partial charge is 0.383 e. The molecule has 0 saturated heterocycles. The van der Waals surface area contributed by atoms with Crippen LogP contribution in [-0.2, 0) is 0 Å². The molecule has 0 aromatic heterocycles. The summed E-state index contributed by atoms with van der Waals surface area (Å²) in [6, 6.07) is 13.9. The Balaban J connectivity index is 2.15. The van der Waals surface area contributed by atoms with Crippen molar-refractivity contribution in [3.63, 3.8) is 0 Å². The number of halogens is 3. The Morgan fingerprint density at radius 3 is 2.14 bits per heavy atom. The molecule has 0 aliphatic heterocycles. The zero-order valence-corrected chi connectivity index (χ0v) is 14.3. The van der Waals surface area contributed by atoms with Crippen molar-refractivity contribution >= 4 is 40.5 Å². The van der Waals surface area contributed by atoms with Crippen molar-refractivity contribution in [1.29, 1.82) is 0 Å². The van der Waals surface area contributed by atoms with E-state index in [4.69, 9.17) is 34.8 Å². The van der Waals surface area contributed by atoms with Crippen LogP contribution in [0.25, 0.3) is 0 Å². The highest BCUT2D eigenvalue weighted by atomic mass is 35.5. The molecule has 1 N–H and O–H groups in total. The predicted octanol–water partition coefficient (Wildman–Crippen LogP) is 6.50. The van der Waals surface area contributed by atoms with Crippen LogP contribution >= 0.6 is 34.8 Å². The van der Waals surface area contributed by atoms with Gasteiger partial charge in [-0.2, -0.15) is 0 Å². The van der Waals surface area contributed by atoms with Gasteiger partial charge in [-0.05, 0) is 23.6 Å². The van der Waals surface area contributed by atoms with E-state index in [-0.39, 0.29) is 0 Å². The second-order valence-electron chi connectivity index (χ2n) is 5.39. The maximum atomic E-state index is 6.20. The molecule has 2 aromatic carbocycles. The lowest BCUT2D eigenvalue weighted by Gasteiger charge is -2.23. The number of rotatable bonds is 5. The lowest BCUT2D eigenvalue weighted by atomic mass is 9.88. The van der Waals surface area contributed by atoms with Gasteiger partial charge in [-0.1, -0.05) is 79.0 Å². The lowest BCUT2D eigenvalue weighted by Crippen LogP contribution is -2.18. The fourth-order valence-corrected chi connectivity index (χ4v) is 2.93. The van der Waals surface area contributed by atoms with Crippen molar-refractivity contribution in [2.75, 3.05) is 11.9 Å². The summed E-state index contributed by atoms with van der Waals surface area (Å²) in [7, 11) is 0. The summed E-state index contributed by atoms with van der Waals surface area (Å²) in [6.07, 6.45) is 0. The number of anilines is 1.